The van der Waals surface area contributed by atoms with Crippen molar-refractivity contribution in [1.82, 2.24) is 5.32 Å². The minimum atomic E-state index is 0.510. The second-order valence-corrected chi connectivity index (χ2v) is 7.60. The summed E-state index contributed by atoms with van der Waals surface area (Å²) in [6, 6.07) is 8.71. The predicted molar refractivity (Wildman–Crippen MR) is 77.3 cm³/mol. The molecule has 1 aromatic carbocycles. The predicted octanol–water partition coefficient (Wildman–Crippen LogP) is 4.12. The molecule has 4 bridgehead atoms. The van der Waals surface area contributed by atoms with Crippen LogP contribution in [0.25, 0.3) is 0 Å². The third kappa shape index (κ3) is 1.77. The molecule has 2 heteroatoms. The van der Waals surface area contributed by atoms with E-state index >= 15 is 0 Å². The molecule has 0 saturated heterocycles. The fourth-order valence-corrected chi connectivity index (χ4v) is 5.46. The lowest BCUT2D eigenvalue weighted by Crippen LogP contribution is -2.45. The van der Waals surface area contributed by atoms with E-state index in [0.29, 0.717) is 5.54 Å². The second-order valence-electron chi connectivity index (χ2n) is 6.68. The lowest BCUT2D eigenvalue weighted by Gasteiger charge is -2.34. The summed E-state index contributed by atoms with van der Waals surface area (Å²) in [7, 11) is 0. The summed E-state index contributed by atoms with van der Waals surface area (Å²) in [4.78, 5) is 0. The Morgan fingerprint density at radius 3 is 2.67 bits per heavy atom. The first-order chi connectivity index (χ1) is 8.73. The highest BCUT2D eigenvalue weighted by molar-refractivity contribution is 9.10. The summed E-state index contributed by atoms with van der Waals surface area (Å²) in [5, 5.41) is 3.94. The lowest BCUT2D eigenvalue weighted by atomic mass is 9.80. The molecular weight excluding hydrogens is 286 g/mol. The quantitative estimate of drug-likeness (QED) is 0.886. The lowest BCUT2D eigenvalue weighted by molar-refractivity contribution is 0.233. The van der Waals surface area contributed by atoms with Crippen LogP contribution in [0.1, 0.15) is 37.7 Å². The summed E-state index contributed by atoms with van der Waals surface area (Å²) >= 11 is 3.56. The van der Waals surface area contributed by atoms with Gasteiger partial charge in [0, 0.05) is 16.6 Å². The van der Waals surface area contributed by atoms with Gasteiger partial charge in [0.1, 0.15) is 0 Å². The molecule has 2 atom stereocenters. The van der Waals surface area contributed by atoms with Crippen LogP contribution in [0.5, 0.6) is 0 Å². The van der Waals surface area contributed by atoms with Crippen LogP contribution in [0.4, 0.5) is 0 Å². The SMILES string of the molecule is Brc1cccc(CNC23CC4CC(CC2C4)C3)c1. The molecule has 1 nitrogen and oxygen atoms in total. The van der Waals surface area contributed by atoms with Crippen molar-refractivity contribution in [2.24, 2.45) is 17.8 Å². The Balaban J connectivity index is 1.49. The van der Waals surface area contributed by atoms with Crippen LogP contribution in [0.15, 0.2) is 28.7 Å². The van der Waals surface area contributed by atoms with Crippen molar-refractivity contribution in [1.29, 1.82) is 0 Å². The first kappa shape index (κ1) is 11.5. The van der Waals surface area contributed by atoms with Gasteiger partial charge >= 0.3 is 0 Å². The molecule has 4 fully saturated rings. The summed E-state index contributed by atoms with van der Waals surface area (Å²) in [6.45, 7) is 1.04. The van der Waals surface area contributed by atoms with Crippen LogP contribution in [0.3, 0.4) is 0 Å². The van der Waals surface area contributed by atoms with Gasteiger partial charge in [-0.15, -0.1) is 0 Å². The average molecular weight is 306 g/mol. The molecule has 2 unspecified atom stereocenters. The van der Waals surface area contributed by atoms with Crippen molar-refractivity contribution < 1.29 is 0 Å². The molecule has 0 radical (unpaired) electrons. The molecule has 4 saturated carbocycles. The Hall–Kier alpha value is -0.340. The fraction of sp³-hybridized carbons (Fsp3) is 0.625. The van der Waals surface area contributed by atoms with Crippen LogP contribution in [0.2, 0.25) is 0 Å². The van der Waals surface area contributed by atoms with Gasteiger partial charge in [-0.1, -0.05) is 28.1 Å². The molecule has 0 aromatic heterocycles. The Morgan fingerprint density at radius 1 is 1.17 bits per heavy atom. The third-order valence-electron chi connectivity index (χ3n) is 5.52. The highest BCUT2D eigenvalue weighted by Crippen LogP contribution is 2.60. The molecule has 0 aliphatic heterocycles. The van der Waals surface area contributed by atoms with Gasteiger partial charge in [0.15, 0.2) is 0 Å². The molecule has 1 aromatic rings. The van der Waals surface area contributed by atoms with Crippen LogP contribution in [-0.4, -0.2) is 5.54 Å². The smallest absolute Gasteiger partial charge is 0.0218 e. The molecular formula is C16H20BrN. The van der Waals surface area contributed by atoms with Gasteiger partial charge in [0.25, 0.3) is 0 Å². The number of halogens is 1. The molecule has 1 N–H and O–H groups in total. The summed E-state index contributed by atoms with van der Waals surface area (Å²) in [6.07, 6.45) is 7.42. The van der Waals surface area contributed by atoms with Crippen molar-refractivity contribution in [3.05, 3.63) is 34.3 Å². The van der Waals surface area contributed by atoms with Crippen molar-refractivity contribution in [2.75, 3.05) is 0 Å². The number of rotatable bonds is 3. The number of nitrogens with one attached hydrogen (secondary N) is 1. The largest absolute Gasteiger partial charge is 0.307 e. The summed E-state index contributed by atoms with van der Waals surface area (Å²) in [5.41, 5.74) is 1.92. The van der Waals surface area contributed by atoms with Crippen molar-refractivity contribution in [3.63, 3.8) is 0 Å². The van der Waals surface area contributed by atoms with Gasteiger partial charge in [0.05, 0.1) is 0 Å². The van der Waals surface area contributed by atoms with Crippen LogP contribution < -0.4 is 5.32 Å². The zero-order valence-electron chi connectivity index (χ0n) is 10.7. The molecule has 4 aliphatic rings. The van der Waals surface area contributed by atoms with E-state index in [1.165, 1.54) is 42.1 Å². The van der Waals surface area contributed by atoms with Gasteiger partial charge in [-0.2, -0.15) is 0 Å². The topological polar surface area (TPSA) is 12.0 Å². The number of hydrogen-bond acceptors (Lipinski definition) is 1. The molecule has 18 heavy (non-hydrogen) atoms. The third-order valence-corrected chi connectivity index (χ3v) is 6.02. The van der Waals surface area contributed by atoms with Crippen molar-refractivity contribution in [3.8, 4) is 0 Å². The Labute approximate surface area is 117 Å². The molecule has 0 heterocycles. The first-order valence-electron chi connectivity index (χ1n) is 7.23. The molecule has 5 rings (SSSR count). The molecule has 4 aliphatic carbocycles. The monoisotopic (exact) mass is 305 g/mol. The minimum Gasteiger partial charge on any atom is -0.307 e. The van der Waals surface area contributed by atoms with Crippen LogP contribution in [-0.2, 0) is 6.54 Å². The maximum absolute atomic E-state index is 3.94. The average Bonchev–Trinajstić information content (AvgIpc) is 2.73. The highest BCUT2D eigenvalue weighted by atomic mass is 79.9. The Morgan fingerprint density at radius 2 is 1.94 bits per heavy atom. The van der Waals surface area contributed by atoms with Gasteiger partial charge in [0.2, 0.25) is 0 Å². The van der Waals surface area contributed by atoms with Gasteiger partial charge < -0.3 is 5.32 Å². The summed E-state index contributed by atoms with van der Waals surface area (Å²) in [5.74, 6) is 3.06. The molecule has 96 valence electrons. The van der Waals surface area contributed by atoms with E-state index in [1.54, 1.807) is 0 Å². The fourth-order valence-electron chi connectivity index (χ4n) is 5.01. The van der Waals surface area contributed by atoms with Crippen LogP contribution in [0, 0.1) is 17.8 Å². The normalized spacial score (nSPS) is 40.6. The zero-order chi connectivity index (χ0) is 12.2. The van der Waals surface area contributed by atoms with E-state index in [0.717, 1.165) is 24.3 Å². The maximum atomic E-state index is 3.94. The Bertz CT molecular complexity index is 456. The minimum absolute atomic E-state index is 0.510. The Kier molecular flexibility index (Phi) is 2.60. The van der Waals surface area contributed by atoms with Crippen molar-refractivity contribution in [2.45, 2.75) is 44.2 Å². The van der Waals surface area contributed by atoms with E-state index < -0.39 is 0 Å². The van der Waals surface area contributed by atoms with Crippen molar-refractivity contribution >= 4 is 15.9 Å². The van der Waals surface area contributed by atoms with E-state index in [2.05, 4.69) is 45.5 Å². The first-order valence-corrected chi connectivity index (χ1v) is 8.02. The number of benzene rings is 1. The van der Waals surface area contributed by atoms with Crippen LogP contribution >= 0.6 is 15.9 Å². The highest BCUT2D eigenvalue weighted by Gasteiger charge is 2.57. The molecule has 0 spiro atoms. The zero-order valence-corrected chi connectivity index (χ0v) is 12.2. The molecule has 0 amide bonds. The van der Waals surface area contributed by atoms with E-state index in [9.17, 15) is 0 Å². The van der Waals surface area contributed by atoms with E-state index in [4.69, 9.17) is 0 Å². The number of hydrogen-bond donors (Lipinski definition) is 1. The standard InChI is InChI=1S/C16H20BrN/c17-15-3-1-2-11(7-15)10-18-16-8-12-4-13(9-16)6-14(16)5-12/h1-3,7,12-14,18H,4-6,8-10H2. The van der Waals surface area contributed by atoms with E-state index in [1.807, 2.05) is 0 Å². The van der Waals surface area contributed by atoms with Gasteiger partial charge in [-0.3, -0.25) is 0 Å². The van der Waals surface area contributed by atoms with E-state index in [-0.39, 0.29) is 0 Å². The van der Waals surface area contributed by atoms with Gasteiger partial charge in [-0.05, 0) is 67.6 Å². The van der Waals surface area contributed by atoms with Gasteiger partial charge in [-0.25, -0.2) is 0 Å². The second kappa shape index (κ2) is 4.08. The summed E-state index contributed by atoms with van der Waals surface area (Å²) < 4.78 is 1.19. The maximum Gasteiger partial charge on any atom is 0.0218 e.